The van der Waals surface area contributed by atoms with Crippen LogP contribution in [0.2, 0.25) is 0 Å². The summed E-state index contributed by atoms with van der Waals surface area (Å²) in [6.45, 7) is 2.64. The molecular weight excluding hydrogens is 235 g/mol. The molecule has 5 heteroatoms. The topological polar surface area (TPSA) is 58.3 Å². The molecule has 2 N–H and O–H groups in total. The van der Waals surface area contributed by atoms with Gasteiger partial charge < -0.3 is 14.9 Å². The highest BCUT2D eigenvalue weighted by atomic mass is 19.1. The molecule has 1 aromatic carbocycles. The number of halogens is 1. The van der Waals surface area contributed by atoms with Gasteiger partial charge in [-0.15, -0.1) is 0 Å². The standard InChI is InChI=1S/C13H15FN2O2/c1-9-5-12(18-16-9)7-15-8-13(17)10-3-2-4-11(14)6-10/h2-6,13,15,17H,7-8H2,1H3. The van der Waals surface area contributed by atoms with Crippen LogP contribution in [-0.2, 0) is 6.54 Å². The highest BCUT2D eigenvalue weighted by Crippen LogP contribution is 2.13. The summed E-state index contributed by atoms with van der Waals surface area (Å²) in [4.78, 5) is 0. The lowest BCUT2D eigenvalue weighted by atomic mass is 10.1. The van der Waals surface area contributed by atoms with Gasteiger partial charge >= 0.3 is 0 Å². The fraction of sp³-hybridized carbons (Fsp3) is 0.308. The third-order valence-corrected chi connectivity index (χ3v) is 2.55. The predicted molar refractivity (Wildman–Crippen MR) is 64.3 cm³/mol. The molecule has 18 heavy (non-hydrogen) atoms. The average Bonchev–Trinajstić information content (AvgIpc) is 2.75. The minimum Gasteiger partial charge on any atom is -0.387 e. The maximum atomic E-state index is 13.0. The second-order valence-electron chi connectivity index (χ2n) is 4.14. The molecular formula is C13H15FN2O2. The summed E-state index contributed by atoms with van der Waals surface area (Å²) >= 11 is 0. The molecule has 0 amide bonds. The number of aryl methyl sites for hydroxylation is 1. The molecule has 96 valence electrons. The molecule has 0 aliphatic heterocycles. The molecule has 0 aliphatic rings. The molecule has 2 aromatic rings. The van der Waals surface area contributed by atoms with Crippen LogP contribution in [0.3, 0.4) is 0 Å². The van der Waals surface area contributed by atoms with Crippen molar-refractivity contribution in [2.75, 3.05) is 6.54 Å². The van der Waals surface area contributed by atoms with Gasteiger partial charge in [0, 0.05) is 12.6 Å². The summed E-state index contributed by atoms with van der Waals surface area (Å²) in [5, 5.41) is 16.6. The molecule has 1 unspecified atom stereocenters. The van der Waals surface area contributed by atoms with Crippen molar-refractivity contribution >= 4 is 0 Å². The van der Waals surface area contributed by atoms with Crippen molar-refractivity contribution in [1.29, 1.82) is 0 Å². The molecule has 0 spiro atoms. The van der Waals surface area contributed by atoms with E-state index in [0.29, 0.717) is 24.4 Å². The predicted octanol–water partition coefficient (Wildman–Crippen LogP) is 1.95. The largest absolute Gasteiger partial charge is 0.387 e. The Morgan fingerprint density at radius 3 is 2.94 bits per heavy atom. The number of aliphatic hydroxyl groups is 1. The van der Waals surface area contributed by atoms with Gasteiger partial charge in [-0.25, -0.2) is 4.39 Å². The van der Waals surface area contributed by atoms with E-state index in [4.69, 9.17) is 4.52 Å². The third kappa shape index (κ3) is 3.38. The Hall–Kier alpha value is -1.72. The summed E-state index contributed by atoms with van der Waals surface area (Å²) in [6, 6.07) is 7.76. The molecule has 0 fully saturated rings. The van der Waals surface area contributed by atoms with Crippen LogP contribution in [0, 0.1) is 12.7 Å². The van der Waals surface area contributed by atoms with Crippen molar-refractivity contribution in [3.63, 3.8) is 0 Å². The van der Waals surface area contributed by atoms with Crippen LogP contribution in [-0.4, -0.2) is 16.8 Å². The van der Waals surface area contributed by atoms with E-state index < -0.39 is 6.10 Å². The number of nitrogens with zero attached hydrogens (tertiary/aromatic N) is 1. The number of benzene rings is 1. The quantitative estimate of drug-likeness (QED) is 0.851. The Bertz CT molecular complexity index is 513. The lowest BCUT2D eigenvalue weighted by molar-refractivity contribution is 0.172. The van der Waals surface area contributed by atoms with Crippen LogP contribution < -0.4 is 5.32 Å². The van der Waals surface area contributed by atoms with Crippen LogP contribution in [0.1, 0.15) is 23.1 Å². The van der Waals surface area contributed by atoms with E-state index in [1.165, 1.54) is 12.1 Å². The van der Waals surface area contributed by atoms with Gasteiger partial charge in [0.2, 0.25) is 0 Å². The van der Waals surface area contributed by atoms with Gasteiger partial charge in [0.1, 0.15) is 5.82 Å². The van der Waals surface area contributed by atoms with E-state index in [1.807, 2.05) is 13.0 Å². The maximum absolute atomic E-state index is 13.0. The van der Waals surface area contributed by atoms with Gasteiger partial charge in [0.05, 0.1) is 18.3 Å². The summed E-state index contributed by atoms with van der Waals surface area (Å²) < 4.78 is 18.0. The first-order valence-corrected chi connectivity index (χ1v) is 5.71. The summed E-state index contributed by atoms with van der Waals surface area (Å²) in [5.41, 5.74) is 1.37. The monoisotopic (exact) mass is 250 g/mol. The maximum Gasteiger partial charge on any atom is 0.150 e. The van der Waals surface area contributed by atoms with Gasteiger partial charge in [-0.3, -0.25) is 0 Å². The first-order valence-electron chi connectivity index (χ1n) is 5.71. The van der Waals surface area contributed by atoms with Gasteiger partial charge in [0.15, 0.2) is 5.76 Å². The third-order valence-electron chi connectivity index (χ3n) is 2.55. The normalized spacial score (nSPS) is 12.6. The number of rotatable bonds is 5. The number of aliphatic hydroxyl groups excluding tert-OH is 1. The van der Waals surface area contributed by atoms with Crippen molar-refractivity contribution in [3.8, 4) is 0 Å². The van der Waals surface area contributed by atoms with Crippen LogP contribution in [0.25, 0.3) is 0 Å². The van der Waals surface area contributed by atoms with E-state index in [2.05, 4.69) is 10.5 Å². The number of hydrogen-bond donors (Lipinski definition) is 2. The van der Waals surface area contributed by atoms with Crippen molar-refractivity contribution in [3.05, 3.63) is 53.2 Å². The molecule has 0 radical (unpaired) electrons. The van der Waals surface area contributed by atoms with Gasteiger partial charge in [0.25, 0.3) is 0 Å². The Morgan fingerprint density at radius 1 is 1.44 bits per heavy atom. The lowest BCUT2D eigenvalue weighted by Crippen LogP contribution is -2.20. The van der Waals surface area contributed by atoms with Crippen molar-refractivity contribution in [2.45, 2.75) is 19.6 Å². The Labute approximate surface area is 104 Å². The zero-order valence-corrected chi connectivity index (χ0v) is 10.1. The van der Waals surface area contributed by atoms with E-state index in [1.54, 1.807) is 12.1 Å². The van der Waals surface area contributed by atoms with E-state index in [0.717, 1.165) is 5.69 Å². The summed E-state index contributed by atoms with van der Waals surface area (Å²) in [7, 11) is 0. The molecule has 0 bridgehead atoms. The van der Waals surface area contributed by atoms with E-state index >= 15 is 0 Å². The summed E-state index contributed by atoms with van der Waals surface area (Å²) in [5.74, 6) is 0.358. The van der Waals surface area contributed by atoms with Crippen molar-refractivity contribution < 1.29 is 14.0 Å². The molecule has 1 aromatic heterocycles. The Morgan fingerprint density at radius 2 is 2.28 bits per heavy atom. The second-order valence-corrected chi connectivity index (χ2v) is 4.14. The Balaban J connectivity index is 1.83. The highest BCUT2D eigenvalue weighted by Gasteiger charge is 2.08. The van der Waals surface area contributed by atoms with Crippen LogP contribution in [0.5, 0.6) is 0 Å². The number of nitrogens with one attached hydrogen (secondary N) is 1. The first-order chi connectivity index (χ1) is 8.65. The van der Waals surface area contributed by atoms with Gasteiger partial charge in [-0.05, 0) is 24.6 Å². The van der Waals surface area contributed by atoms with E-state index in [9.17, 15) is 9.50 Å². The molecule has 1 atom stereocenters. The molecule has 1 heterocycles. The van der Waals surface area contributed by atoms with Crippen molar-refractivity contribution in [1.82, 2.24) is 10.5 Å². The van der Waals surface area contributed by atoms with Gasteiger partial charge in [-0.1, -0.05) is 17.3 Å². The molecule has 2 rings (SSSR count). The molecule has 0 saturated carbocycles. The Kier molecular flexibility index (Phi) is 4.07. The lowest BCUT2D eigenvalue weighted by Gasteiger charge is -2.11. The SMILES string of the molecule is Cc1cc(CNCC(O)c2cccc(F)c2)on1. The fourth-order valence-corrected chi connectivity index (χ4v) is 1.66. The smallest absolute Gasteiger partial charge is 0.150 e. The number of hydrogen-bond acceptors (Lipinski definition) is 4. The zero-order chi connectivity index (χ0) is 13.0. The van der Waals surface area contributed by atoms with E-state index in [-0.39, 0.29) is 5.82 Å². The summed E-state index contributed by atoms with van der Waals surface area (Å²) in [6.07, 6.45) is -0.746. The molecule has 0 saturated heterocycles. The zero-order valence-electron chi connectivity index (χ0n) is 10.1. The second kappa shape index (κ2) is 5.75. The molecule has 4 nitrogen and oxygen atoms in total. The number of aromatic nitrogens is 1. The van der Waals surface area contributed by atoms with Crippen LogP contribution in [0.15, 0.2) is 34.9 Å². The minimum atomic E-state index is -0.746. The van der Waals surface area contributed by atoms with Gasteiger partial charge in [-0.2, -0.15) is 0 Å². The minimum absolute atomic E-state index is 0.323. The van der Waals surface area contributed by atoms with Crippen molar-refractivity contribution in [2.24, 2.45) is 0 Å². The van der Waals surface area contributed by atoms with Crippen LogP contribution >= 0.6 is 0 Å². The highest BCUT2D eigenvalue weighted by molar-refractivity contribution is 5.19. The average molecular weight is 250 g/mol. The molecule has 0 aliphatic carbocycles. The first kappa shape index (κ1) is 12.7. The van der Waals surface area contributed by atoms with Crippen LogP contribution in [0.4, 0.5) is 4.39 Å². The fourth-order valence-electron chi connectivity index (χ4n) is 1.66.